The molecule has 228 valence electrons. The highest BCUT2D eigenvalue weighted by atomic mass is 16.7. The molecule has 3 N–H and O–H groups in total. The van der Waals surface area contributed by atoms with E-state index in [2.05, 4.69) is 25.6 Å². The number of aromatic nitrogens is 3. The second-order valence-electron chi connectivity index (χ2n) is 9.88. The van der Waals surface area contributed by atoms with Crippen molar-refractivity contribution in [2.45, 2.75) is 13.0 Å². The van der Waals surface area contributed by atoms with E-state index in [1.165, 1.54) is 7.11 Å². The third-order valence-corrected chi connectivity index (χ3v) is 6.80. The number of fused-ring (bicyclic) bond motifs is 2. The number of hydrogen-bond acceptors (Lipinski definition) is 10. The van der Waals surface area contributed by atoms with Crippen LogP contribution in [0.25, 0.3) is 10.8 Å². The Morgan fingerprint density at radius 2 is 1.69 bits per heavy atom. The molecule has 1 aromatic heterocycles. The lowest BCUT2D eigenvalue weighted by Gasteiger charge is -2.23. The Hall–Kier alpha value is -6.11. The molecule has 0 radical (unpaired) electrons. The van der Waals surface area contributed by atoms with Gasteiger partial charge in [-0.15, -0.1) is 0 Å². The molecule has 0 atom stereocenters. The Bertz CT molecular complexity index is 1870. The quantitative estimate of drug-likeness (QED) is 0.169. The number of benzene rings is 4. The second-order valence-corrected chi connectivity index (χ2v) is 9.88. The number of nitrogens with zero attached hydrogens (tertiary/aromatic N) is 4. The average Bonchev–Trinajstić information content (AvgIpc) is 3.51. The van der Waals surface area contributed by atoms with E-state index in [0.29, 0.717) is 28.7 Å². The summed E-state index contributed by atoms with van der Waals surface area (Å²) < 4.78 is 22.3. The fourth-order valence-corrected chi connectivity index (χ4v) is 4.67. The van der Waals surface area contributed by atoms with Crippen LogP contribution in [0.1, 0.15) is 12.0 Å². The Morgan fingerprint density at radius 3 is 2.53 bits per heavy atom. The van der Waals surface area contributed by atoms with Crippen LogP contribution in [0, 0.1) is 0 Å². The van der Waals surface area contributed by atoms with Crippen molar-refractivity contribution < 1.29 is 33.6 Å². The Kier molecular flexibility index (Phi) is 8.40. The average molecular weight is 609 g/mol. The van der Waals surface area contributed by atoms with Crippen molar-refractivity contribution >= 4 is 40.4 Å². The third kappa shape index (κ3) is 7.10. The molecule has 1 aliphatic heterocycles. The standard InChI is InChI=1S/C32H28N6O7/c1-42-25-9-5-4-8-24(25)33-31(41)35-29-34-30(37-32(36-29)45-23-12-11-21-6-2-3-7-22(21)17-23)38(15-14-28(39)40)18-20-10-13-26-27(16-20)44-19-43-26/h2-13,16-17H,14-15,18-19H2,1H3,(H,39,40)(H2,33,34,35,36,37,41). The van der Waals surface area contributed by atoms with Crippen LogP contribution in [0.15, 0.2) is 84.9 Å². The summed E-state index contributed by atoms with van der Waals surface area (Å²) in [5.41, 5.74) is 1.23. The van der Waals surface area contributed by atoms with Gasteiger partial charge in [-0.05, 0) is 52.7 Å². The number of ether oxygens (including phenoxy) is 4. The first-order valence-corrected chi connectivity index (χ1v) is 13.9. The Morgan fingerprint density at radius 1 is 0.889 bits per heavy atom. The lowest BCUT2D eigenvalue weighted by atomic mass is 10.1. The number of carboxylic acids is 1. The highest BCUT2D eigenvalue weighted by Crippen LogP contribution is 2.33. The number of carbonyl (C=O) groups is 2. The van der Waals surface area contributed by atoms with Crippen molar-refractivity contribution in [2.75, 3.05) is 36.0 Å². The lowest BCUT2D eigenvalue weighted by molar-refractivity contribution is -0.136. The molecule has 6 rings (SSSR count). The van der Waals surface area contributed by atoms with Gasteiger partial charge in [0, 0.05) is 13.1 Å². The molecule has 0 saturated heterocycles. The van der Waals surface area contributed by atoms with Gasteiger partial charge in [0.2, 0.25) is 18.7 Å². The number of para-hydroxylation sites is 2. The molecule has 0 aliphatic carbocycles. The highest BCUT2D eigenvalue weighted by Gasteiger charge is 2.20. The maximum atomic E-state index is 13.0. The number of anilines is 3. The van der Waals surface area contributed by atoms with Gasteiger partial charge in [0.25, 0.3) is 0 Å². The van der Waals surface area contributed by atoms with Crippen LogP contribution < -0.4 is 34.5 Å². The number of methoxy groups -OCH3 is 1. The fraction of sp³-hybridized carbons (Fsp3) is 0.156. The summed E-state index contributed by atoms with van der Waals surface area (Å²) in [6.07, 6.45) is -0.200. The van der Waals surface area contributed by atoms with Crippen LogP contribution in [0.3, 0.4) is 0 Å². The molecule has 0 unspecified atom stereocenters. The Balaban J connectivity index is 1.33. The van der Waals surface area contributed by atoms with Gasteiger partial charge >= 0.3 is 18.0 Å². The molecule has 5 aromatic rings. The molecular weight excluding hydrogens is 580 g/mol. The van der Waals surface area contributed by atoms with Gasteiger partial charge in [-0.2, -0.15) is 15.0 Å². The van der Waals surface area contributed by atoms with Gasteiger partial charge in [-0.25, -0.2) is 4.79 Å². The molecule has 2 amide bonds. The van der Waals surface area contributed by atoms with Crippen LogP contribution >= 0.6 is 0 Å². The number of hydrogen-bond donors (Lipinski definition) is 3. The van der Waals surface area contributed by atoms with Crippen molar-refractivity contribution in [3.8, 4) is 29.0 Å². The molecule has 0 fully saturated rings. The number of urea groups is 1. The number of carbonyl (C=O) groups excluding carboxylic acids is 1. The molecule has 0 bridgehead atoms. The van der Waals surface area contributed by atoms with Gasteiger partial charge in [0.1, 0.15) is 11.5 Å². The van der Waals surface area contributed by atoms with Gasteiger partial charge < -0.3 is 34.3 Å². The molecule has 1 aliphatic rings. The predicted octanol–water partition coefficient (Wildman–Crippen LogP) is 5.68. The monoisotopic (exact) mass is 608 g/mol. The Labute approximate surface area is 257 Å². The molecular formula is C32H28N6O7. The molecule has 4 aromatic carbocycles. The zero-order valence-corrected chi connectivity index (χ0v) is 24.1. The van der Waals surface area contributed by atoms with Crippen LogP contribution in [0.5, 0.6) is 29.0 Å². The predicted molar refractivity (Wildman–Crippen MR) is 165 cm³/mol. The molecule has 2 heterocycles. The largest absolute Gasteiger partial charge is 0.495 e. The number of carboxylic acid groups (broad SMARTS) is 1. The van der Waals surface area contributed by atoms with E-state index < -0.39 is 12.0 Å². The summed E-state index contributed by atoms with van der Waals surface area (Å²) in [6, 6.07) is 25.0. The number of nitrogens with one attached hydrogen (secondary N) is 2. The first kappa shape index (κ1) is 29.0. The number of aliphatic carboxylic acids is 1. The van der Waals surface area contributed by atoms with E-state index in [-0.39, 0.29) is 44.2 Å². The van der Waals surface area contributed by atoms with Crippen LogP contribution in [-0.4, -0.2) is 52.5 Å². The third-order valence-electron chi connectivity index (χ3n) is 6.80. The van der Waals surface area contributed by atoms with Crippen molar-refractivity contribution in [1.29, 1.82) is 0 Å². The van der Waals surface area contributed by atoms with Crippen molar-refractivity contribution in [2.24, 2.45) is 0 Å². The normalized spacial score (nSPS) is 11.6. The van der Waals surface area contributed by atoms with Gasteiger partial charge in [0.05, 0.1) is 19.2 Å². The summed E-state index contributed by atoms with van der Waals surface area (Å²) in [6.45, 7) is 0.392. The molecule has 13 nitrogen and oxygen atoms in total. The van der Waals surface area contributed by atoms with Crippen LogP contribution in [0.4, 0.5) is 22.4 Å². The van der Waals surface area contributed by atoms with Crippen LogP contribution in [0.2, 0.25) is 0 Å². The van der Waals surface area contributed by atoms with Crippen molar-refractivity contribution in [3.63, 3.8) is 0 Å². The first-order valence-electron chi connectivity index (χ1n) is 13.9. The van der Waals surface area contributed by atoms with E-state index >= 15 is 0 Å². The molecule has 0 spiro atoms. The van der Waals surface area contributed by atoms with Gasteiger partial charge in [0.15, 0.2) is 11.5 Å². The SMILES string of the molecule is COc1ccccc1NC(=O)Nc1nc(Oc2ccc3ccccc3c2)nc(N(CCC(=O)O)Cc2ccc3c(c2)OCO3)n1. The molecule has 45 heavy (non-hydrogen) atoms. The van der Waals surface area contributed by atoms with E-state index in [0.717, 1.165) is 16.3 Å². The van der Waals surface area contributed by atoms with Gasteiger partial charge in [-0.1, -0.05) is 48.5 Å². The minimum absolute atomic E-state index is 0.0516. The van der Waals surface area contributed by atoms with Crippen LogP contribution in [-0.2, 0) is 11.3 Å². The zero-order valence-electron chi connectivity index (χ0n) is 24.1. The van der Waals surface area contributed by atoms with E-state index in [4.69, 9.17) is 18.9 Å². The summed E-state index contributed by atoms with van der Waals surface area (Å²) in [5.74, 6) is 1.10. The first-order chi connectivity index (χ1) is 21.9. The van der Waals surface area contributed by atoms with Gasteiger partial charge in [-0.3, -0.25) is 10.1 Å². The highest BCUT2D eigenvalue weighted by molar-refractivity contribution is 5.99. The van der Waals surface area contributed by atoms with E-state index in [9.17, 15) is 14.7 Å². The minimum Gasteiger partial charge on any atom is -0.495 e. The summed E-state index contributed by atoms with van der Waals surface area (Å²) in [5, 5.41) is 16.8. The maximum absolute atomic E-state index is 13.0. The number of rotatable bonds is 11. The summed E-state index contributed by atoms with van der Waals surface area (Å²) >= 11 is 0. The lowest BCUT2D eigenvalue weighted by Crippen LogP contribution is -2.29. The zero-order chi connectivity index (χ0) is 31.2. The topological polar surface area (TPSA) is 157 Å². The van der Waals surface area contributed by atoms with Crippen molar-refractivity contribution in [3.05, 3.63) is 90.5 Å². The van der Waals surface area contributed by atoms with E-state index in [1.807, 2.05) is 48.5 Å². The maximum Gasteiger partial charge on any atom is 0.328 e. The van der Waals surface area contributed by atoms with Crippen molar-refractivity contribution in [1.82, 2.24) is 15.0 Å². The summed E-state index contributed by atoms with van der Waals surface area (Å²) in [7, 11) is 1.50. The van der Waals surface area contributed by atoms with E-state index in [1.54, 1.807) is 41.3 Å². The summed E-state index contributed by atoms with van der Waals surface area (Å²) in [4.78, 5) is 39.6. The molecule has 0 saturated carbocycles. The minimum atomic E-state index is -0.998. The molecule has 13 heteroatoms. The smallest absolute Gasteiger partial charge is 0.328 e. The fourth-order valence-electron chi connectivity index (χ4n) is 4.67. The second kappa shape index (κ2) is 13.0. The number of amides is 2.